The Morgan fingerprint density at radius 1 is 1.44 bits per heavy atom. The van der Waals surface area contributed by atoms with Crippen LogP contribution in [0, 0.1) is 12.7 Å². The lowest BCUT2D eigenvalue weighted by molar-refractivity contribution is 0.569. The number of hydrogen-bond donors (Lipinski definition) is 2. The molecule has 0 radical (unpaired) electrons. The molecule has 0 aliphatic carbocycles. The molecule has 4 nitrogen and oxygen atoms in total. The van der Waals surface area contributed by atoms with Gasteiger partial charge in [0.1, 0.15) is 11.5 Å². The Morgan fingerprint density at radius 3 is 2.88 bits per heavy atom. The average Bonchev–Trinajstić information content (AvgIpc) is 2.78. The van der Waals surface area contributed by atoms with Crippen molar-refractivity contribution in [2.45, 2.75) is 13.0 Å². The van der Waals surface area contributed by atoms with Gasteiger partial charge in [0.25, 0.3) is 0 Å². The summed E-state index contributed by atoms with van der Waals surface area (Å²) >= 11 is 0. The summed E-state index contributed by atoms with van der Waals surface area (Å²) in [5.74, 6) is -0.243. The molecule has 16 heavy (non-hydrogen) atoms. The van der Waals surface area contributed by atoms with Crippen LogP contribution in [0.1, 0.15) is 22.9 Å². The lowest BCUT2D eigenvalue weighted by Gasteiger charge is -2.15. The van der Waals surface area contributed by atoms with E-state index < -0.39 is 0 Å². The molecule has 2 aromatic rings. The number of halogens is 1. The molecule has 0 aliphatic rings. The first-order valence-electron chi connectivity index (χ1n) is 5.01. The minimum Gasteiger partial charge on any atom is -0.308 e. The van der Waals surface area contributed by atoms with Crippen molar-refractivity contribution in [3.05, 3.63) is 47.0 Å². The van der Waals surface area contributed by atoms with E-state index in [9.17, 15) is 4.39 Å². The first kappa shape index (κ1) is 10.8. The maximum Gasteiger partial charge on any atom is 0.128 e. The van der Waals surface area contributed by atoms with Crippen LogP contribution in [0.4, 0.5) is 4.39 Å². The molecule has 1 heterocycles. The molecule has 0 saturated heterocycles. The van der Waals surface area contributed by atoms with Gasteiger partial charge in [-0.25, -0.2) is 4.39 Å². The van der Waals surface area contributed by atoms with E-state index in [0.29, 0.717) is 11.3 Å². The van der Waals surface area contributed by atoms with Gasteiger partial charge in [-0.3, -0.25) is 0 Å². The number of nitrogens with one attached hydrogen (secondary N) is 2. The lowest BCUT2D eigenvalue weighted by atomic mass is 10.0. The first-order chi connectivity index (χ1) is 7.72. The fraction of sp³-hybridized carbons (Fsp3) is 0.273. The maximum absolute atomic E-state index is 13.7. The van der Waals surface area contributed by atoms with Crippen molar-refractivity contribution in [2.75, 3.05) is 7.05 Å². The van der Waals surface area contributed by atoms with E-state index in [2.05, 4.69) is 20.7 Å². The van der Waals surface area contributed by atoms with E-state index in [1.54, 1.807) is 19.3 Å². The molecule has 0 fully saturated rings. The number of benzene rings is 1. The lowest BCUT2D eigenvalue weighted by Crippen LogP contribution is -2.19. The summed E-state index contributed by atoms with van der Waals surface area (Å²) in [5, 5.41) is 13.3. The molecule has 1 aromatic heterocycles. The van der Waals surface area contributed by atoms with Crippen LogP contribution >= 0.6 is 0 Å². The Bertz CT molecular complexity index is 467. The summed E-state index contributed by atoms with van der Waals surface area (Å²) in [6.45, 7) is 1.93. The zero-order valence-electron chi connectivity index (χ0n) is 9.16. The third kappa shape index (κ3) is 1.94. The van der Waals surface area contributed by atoms with E-state index >= 15 is 0 Å². The smallest absolute Gasteiger partial charge is 0.128 e. The summed E-state index contributed by atoms with van der Waals surface area (Å²) in [5.41, 5.74) is 2.27. The molecule has 2 N–H and O–H groups in total. The molecule has 84 valence electrons. The van der Waals surface area contributed by atoms with Gasteiger partial charge in [0.05, 0.1) is 12.2 Å². The fourth-order valence-corrected chi connectivity index (χ4v) is 1.70. The van der Waals surface area contributed by atoms with Gasteiger partial charge in [-0.2, -0.15) is 15.4 Å². The molecule has 0 saturated carbocycles. The average molecular weight is 220 g/mol. The highest BCUT2D eigenvalue weighted by Crippen LogP contribution is 2.22. The highest BCUT2D eigenvalue weighted by atomic mass is 19.1. The maximum atomic E-state index is 13.7. The summed E-state index contributed by atoms with van der Waals surface area (Å²) in [6, 6.07) is 4.74. The number of rotatable bonds is 3. The standard InChI is InChI=1S/C11H13FN4/c1-7-3-4-9(12)8(5-7)11(13-2)10-6-14-16-15-10/h3-6,11,13H,1-2H3,(H,14,15,16). The van der Waals surface area contributed by atoms with Crippen LogP contribution in [0.15, 0.2) is 24.4 Å². The SMILES string of the molecule is CNC(c1cn[nH]n1)c1cc(C)ccc1F. The Morgan fingerprint density at radius 2 is 2.25 bits per heavy atom. The molecule has 0 aliphatic heterocycles. The van der Waals surface area contributed by atoms with Crippen molar-refractivity contribution >= 4 is 0 Å². The Labute approximate surface area is 92.9 Å². The molecular weight excluding hydrogens is 207 g/mol. The quantitative estimate of drug-likeness (QED) is 0.825. The molecular formula is C11H13FN4. The predicted octanol–water partition coefficient (Wildman–Crippen LogP) is 1.56. The number of aromatic amines is 1. The Kier molecular flexibility index (Phi) is 2.96. The molecule has 0 amide bonds. The summed E-state index contributed by atoms with van der Waals surface area (Å²) in [7, 11) is 1.76. The van der Waals surface area contributed by atoms with Gasteiger partial charge in [0.15, 0.2) is 0 Å². The zero-order valence-corrected chi connectivity index (χ0v) is 9.16. The van der Waals surface area contributed by atoms with Gasteiger partial charge in [-0.1, -0.05) is 17.7 Å². The second kappa shape index (κ2) is 4.40. The third-order valence-electron chi connectivity index (χ3n) is 2.48. The van der Waals surface area contributed by atoms with Crippen LogP contribution in [0.2, 0.25) is 0 Å². The molecule has 0 spiro atoms. The van der Waals surface area contributed by atoms with Gasteiger partial charge in [0, 0.05) is 5.56 Å². The van der Waals surface area contributed by atoms with E-state index in [1.165, 1.54) is 6.07 Å². The minimum absolute atomic E-state index is 0.243. The highest BCUT2D eigenvalue weighted by molar-refractivity contribution is 5.31. The predicted molar refractivity (Wildman–Crippen MR) is 58.4 cm³/mol. The minimum atomic E-state index is -0.279. The van der Waals surface area contributed by atoms with Gasteiger partial charge in [-0.15, -0.1) is 0 Å². The van der Waals surface area contributed by atoms with Crippen molar-refractivity contribution < 1.29 is 4.39 Å². The van der Waals surface area contributed by atoms with Gasteiger partial charge in [0.2, 0.25) is 0 Å². The van der Waals surface area contributed by atoms with E-state index in [1.807, 2.05) is 13.0 Å². The molecule has 2 rings (SSSR count). The van der Waals surface area contributed by atoms with Crippen LogP contribution in [0.3, 0.4) is 0 Å². The number of aryl methyl sites for hydroxylation is 1. The molecule has 1 unspecified atom stereocenters. The van der Waals surface area contributed by atoms with E-state index in [-0.39, 0.29) is 11.9 Å². The Balaban J connectivity index is 2.44. The second-order valence-corrected chi connectivity index (χ2v) is 3.64. The number of hydrogen-bond acceptors (Lipinski definition) is 3. The molecule has 1 atom stereocenters. The van der Waals surface area contributed by atoms with Crippen LogP contribution in [-0.2, 0) is 0 Å². The largest absolute Gasteiger partial charge is 0.308 e. The summed E-state index contributed by atoms with van der Waals surface area (Å²) in [6.07, 6.45) is 1.59. The van der Waals surface area contributed by atoms with E-state index in [4.69, 9.17) is 0 Å². The molecule has 1 aromatic carbocycles. The third-order valence-corrected chi connectivity index (χ3v) is 2.48. The summed E-state index contributed by atoms with van der Waals surface area (Å²) < 4.78 is 13.7. The summed E-state index contributed by atoms with van der Waals surface area (Å²) in [4.78, 5) is 0. The van der Waals surface area contributed by atoms with Crippen molar-refractivity contribution in [3.63, 3.8) is 0 Å². The van der Waals surface area contributed by atoms with Gasteiger partial charge >= 0.3 is 0 Å². The second-order valence-electron chi connectivity index (χ2n) is 3.64. The van der Waals surface area contributed by atoms with Crippen molar-refractivity contribution in [3.8, 4) is 0 Å². The molecule has 0 bridgehead atoms. The normalized spacial score (nSPS) is 12.7. The zero-order chi connectivity index (χ0) is 11.5. The Hall–Kier alpha value is -1.75. The molecule has 5 heteroatoms. The van der Waals surface area contributed by atoms with Crippen LogP contribution < -0.4 is 5.32 Å². The van der Waals surface area contributed by atoms with Crippen molar-refractivity contribution in [1.82, 2.24) is 20.7 Å². The topological polar surface area (TPSA) is 53.6 Å². The van der Waals surface area contributed by atoms with Gasteiger partial charge in [-0.05, 0) is 20.0 Å². The monoisotopic (exact) mass is 220 g/mol. The van der Waals surface area contributed by atoms with Crippen molar-refractivity contribution in [1.29, 1.82) is 0 Å². The number of nitrogens with zero attached hydrogens (tertiary/aromatic N) is 2. The van der Waals surface area contributed by atoms with E-state index in [0.717, 1.165) is 5.56 Å². The van der Waals surface area contributed by atoms with Crippen LogP contribution in [-0.4, -0.2) is 22.5 Å². The van der Waals surface area contributed by atoms with Crippen molar-refractivity contribution in [2.24, 2.45) is 0 Å². The first-order valence-corrected chi connectivity index (χ1v) is 5.01. The van der Waals surface area contributed by atoms with Gasteiger partial charge < -0.3 is 5.32 Å². The van der Waals surface area contributed by atoms with Crippen LogP contribution in [0.25, 0.3) is 0 Å². The number of aromatic nitrogens is 3. The fourth-order valence-electron chi connectivity index (χ4n) is 1.70. The van der Waals surface area contributed by atoms with Crippen LogP contribution in [0.5, 0.6) is 0 Å². The highest BCUT2D eigenvalue weighted by Gasteiger charge is 2.18. The number of H-pyrrole nitrogens is 1.